The summed E-state index contributed by atoms with van der Waals surface area (Å²) in [5, 5.41) is 0. The van der Waals surface area contributed by atoms with Gasteiger partial charge in [0.15, 0.2) is 8.32 Å². The van der Waals surface area contributed by atoms with Crippen LogP contribution in [0.4, 0.5) is 0 Å². The molecule has 0 saturated carbocycles. The molecular weight excluding hydrogens is 260 g/mol. The first-order valence-electron chi connectivity index (χ1n) is 8.33. The number of rotatable bonds is 7. The molecule has 1 aliphatic rings. The van der Waals surface area contributed by atoms with Crippen molar-refractivity contribution in [2.45, 2.75) is 76.6 Å². The molecule has 2 heteroatoms. The second-order valence-corrected chi connectivity index (χ2v) is 11.1. The maximum Gasteiger partial charge on any atom is 0.190 e. The van der Waals surface area contributed by atoms with E-state index in [0.717, 1.165) is 5.54 Å². The predicted octanol–water partition coefficient (Wildman–Crippen LogP) is 5.56. The number of hydrogen-bond acceptors (Lipinski definition) is 1. The smallest absolute Gasteiger partial charge is 0.190 e. The molecule has 2 unspecified atom stereocenters. The van der Waals surface area contributed by atoms with Crippen LogP contribution in [0.15, 0.2) is 30.3 Å². The molecule has 0 bridgehead atoms. The molecule has 112 valence electrons. The van der Waals surface area contributed by atoms with Crippen molar-refractivity contribution in [1.29, 1.82) is 0 Å². The minimum absolute atomic E-state index is 0.544. The van der Waals surface area contributed by atoms with E-state index in [1.54, 1.807) is 0 Å². The van der Waals surface area contributed by atoms with Crippen LogP contribution in [0.25, 0.3) is 0 Å². The summed E-state index contributed by atoms with van der Waals surface area (Å²) < 4.78 is 6.45. The Bertz CT molecular complexity index is 388. The molecule has 1 fully saturated rings. The van der Waals surface area contributed by atoms with Gasteiger partial charge in [-0.05, 0) is 43.5 Å². The van der Waals surface area contributed by atoms with E-state index in [9.17, 15) is 0 Å². The van der Waals surface area contributed by atoms with E-state index in [2.05, 4.69) is 50.3 Å². The molecular formula is C18H30OSi. The topological polar surface area (TPSA) is 9.23 Å². The molecule has 1 aromatic rings. The highest BCUT2D eigenvalue weighted by Crippen LogP contribution is 2.41. The van der Waals surface area contributed by atoms with Gasteiger partial charge in [0.1, 0.15) is 0 Å². The maximum absolute atomic E-state index is 6.45. The highest BCUT2D eigenvalue weighted by atomic mass is 28.4. The Labute approximate surface area is 125 Å². The predicted molar refractivity (Wildman–Crippen MR) is 89.6 cm³/mol. The van der Waals surface area contributed by atoms with E-state index in [4.69, 9.17) is 4.43 Å². The van der Waals surface area contributed by atoms with Crippen molar-refractivity contribution in [3.63, 3.8) is 0 Å². The standard InChI is InChI=1S/C18H30OSi/c1-4-5-6-10-13-17-15-18(20(2,3)19-17)14-16-11-8-7-9-12-16/h7-9,11-12,17-18H,4-6,10,13-15H2,1-3H3. The quantitative estimate of drug-likeness (QED) is 0.471. The van der Waals surface area contributed by atoms with Crippen LogP contribution in [0.1, 0.15) is 51.0 Å². The van der Waals surface area contributed by atoms with Crippen LogP contribution < -0.4 is 0 Å². The van der Waals surface area contributed by atoms with Gasteiger partial charge in [-0.25, -0.2) is 0 Å². The first kappa shape index (κ1) is 15.8. The summed E-state index contributed by atoms with van der Waals surface area (Å²) in [5.74, 6) is 0. The van der Waals surface area contributed by atoms with Crippen LogP contribution in [0.5, 0.6) is 0 Å². The van der Waals surface area contributed by atoms with Crippen LogP contribution in [0, 0.1) is 0 Å². The first-order chi connectivity index (χ1) is 9.62. The fraction of sp³-hybridized carbons (Fsp3) is 0.667. The largest absolute Gasteiger partial charge is 0.414 e. The molecule has 0 aliphatic carbocycles. The van der Waals surface area contributed by atoms with E-state index in [1.807, 2.05) is 0 Å². The molecule has 2 atom stereocenters. The second-order valence-electron chi connectivity index (χ2n) is 6.81. The van der Waals surface area contributed by atoms with E-state index >= 15 is 0 Å². The summed E-state index contributed by atoms with van der Waals surface area (Å²) in [6.07, 6.45) is 9.75. The lowest BCUT2D eigenvalue weighted by atomic mass is 10.0. The van der Waals surface area contributed by atoms with Crippen LogP contribution in [0.3, 0.4) is 0 Å². The van der Waals surface area contributed by atoms with Crippen molar-refractivity contribution in [2.24, 2.45) is 0 Å². The van der Waals surface area contributed by atoms with Gasteiger partial charge in [-0.15, -0.1) is 0 Å². The van der Waals surface area contributed by atoms with Crippen molar-refractivity contribution in [2.75, 3.05) is 0 Å². The third-order valence-corrected chi connectivity index (χ3v) is 8.05. The summed E-state index contributed by atoms with van der Waals surface area (Å²) in [6.45, 7) is 7.09. The molecule has 0 radical (unpaired) electrons. The van der Waals surface area contributed by atoms with Crippen LogP contribution in [0.2, 0.25) is 18.6 Å². The highest BCUT2D eigenvalue weighted by molar-refractivity contribution is 6.73. The van der Waals surface area contributed by atoms with Crippen molar-refractivity contribution in [3.8, 4) is 0 Å². The van der Waals surface area contributed by atoms with E-state index in [0.29, 0.717) is 6.10 Å². The van der Waals surface area contributed by atoms with Gasteiger partial charge in [-0.2, -0.15) is 0 Å². The number of hydrogen-bond donors (Lipinski definition) is 0. The van der Waals surface area contributed by atoms with Gasteiger partial charge in [-0.1, -0.05) is 62.9 Å². The molecule has 0 amide bonds. The first-order valence-corrected chi connectivity index (χ1v) is 11.3. The summed E-state index contributed by atoms with van der Waals surface area (Å²) >= 11 is 0. The van der Waals surface area contributed by atoms with E-state index in [-0.39, 0.29) is 0 Å². The Balaban J connectivity index is 1.84. The lowest BCUT2D eigenvalue weighted by Gasteiger charge is -2.23. The van der Waals surface area contributed by atoms with Crippen molar-refractivity contribution < 1.29 is 4.43 Å². The molecule has 1 heterocycles. The van der Waals surface area contributed by atoms with Crippen molar-refractivity contribution >= 4 is 8.32 Å². The molecule has 1 aromatic carbocycles. The molecule has 0 aromatic heterocycles. The van der Waals surface area contributed by atoms with E-state index < -0.39 is 8.32 Å². The fourth-order valence-corrected chi connectivity index (χ4v) is 6.20. The summed E-state index contributed by atoms with van der Waals surface area (Å²) in [6, 6.07) is 10.9. The molecule has 1 saturated heterocycles. The molecule has 1 aliphatic heterocycles. The lowest BCUT2D eigenvalue weighted by Crippen LogP contribution is -2.31. The van der Waals surface area contributed by atoms with Crippen LogP contribution in [-0.4, -0.2) is 14.4 Å². The van der Waals surface area contributed by atoms with Gasteiger partial charge in [-0.3, -0.25) is 0 Å². The van der Waals surface area contributed by atoms with Gasteiger partial charge in [0.2, 0.25) is 0 Å². The minimum atomic E-state index is -1.48. The average Bonchev–Trinajstić information content (AvgIpc) is 2.71. The van der Waals surface area contributed by atoms with E-state index in [1.165, 1.54) is 50.5 Å². The van der Waals surface area contributed by atoms with Crippen LogP contribution in [-0.2, 0) is 10.8 Å². The van der Waals surface area contributed by atoms with Crippen LogP contribution >= 0.6 is 0 Å². The number of unbranched alkanes of at least 4 members (excludes halogenated alkanes) is 3. The average molecular weight is 291 g/mol. The van der Waals surface area contributed by atoms with Gasteiger partial charge in [0.25, 0.3) is 0 Å². The van der Waals surface area contributed by atoms with Crippen molar-refractivity contribution in [1.82, 2.24) is 0 Å². The zero-order valence-electron chi connectivity index (χ0n) is 13.4. The summed E-state index contributed by atoms with van der Waals surface area (Å²) in [5.41, 5.74) is 2.27. The fourth-order valence-electron chi connectivity index (χ4n) is 3.38. The third-order valence-electron chi connectivity index (χ3n) is 4.71. The second kappa shape index (κ2) is 7.42. The monoisotopic (exact) mass is 290 g/mol. The molecule has 0 spiro atoms. The van der Waals surface area contributed by atoms with Crippen molar-refractivity contribution in [3.05, 3.63) is 35.9 Å². The summed E-state index contributed by atoms with van der Waals surface area (Å²) in [7, 11) is -1.48. The van der Waals surface area contributed by atoms with Gasteiger partial charge >= 0.3 is 0 Å². The third kappa shape index (κ3) is 4.46. The molecule has 20 heavy (non-hydrogen) atoms. The lowest BCUT2D eigenvalue weighted by molar-refractivity contribution is 0.207. The number of benzene rings is 1. The normalized spacial score (nSPS) is 24.9. The Morgan fingerprint density at radius 1 is 1.10 bits per heavy atom. The SMILES string of the molecule is CCCCCCC1CC(Cc2ccccc2)[Si](C)(C)O1. The Morgan fingerprint density at radius 3 is 2.55 bits per heavy atom. The highest BCUT2D eigenvalue weighted by Gasteiger charge is 2.43. The minimum Gasteiger partial charge on any atom is -0.414 e. The zero-order valence-corrected chi connectivity index (χ0v) is 14.4. The van der Waals surface area contributed by atoms with Gasteiger partial charge in [0, 0.05) is 6.10 Å². The molecule has 2 rings (SSSR count). The Kier molecular flexibility index (Phi) is 5.85. The Morgan fingerprint density at radius 2 is 1.85 bits per heavy atom. The Hall–Kier alpha value is -0.603. The van der Waals surface area contributed by atoms with Gasteiger partial charge in [0.05, 0.1) is 0 Å². The molecule has 0 N–H and O–H groups in total. The summed E-state index contributed by atoms with van der Waals surface area (Å²) in [4.78, 5) is 0. The maximum atomic E-state index is 6.45. The van der Waals surface area contributed by atoms with Gasteiger partial charge < -0.3 is 4.43 Å². The molecule has 1 nitrogen and oxygen atoms in total. The zero-order chi connectivity index (χ0) is 14.4.